The van der Waals surface area contributed by atoms with E-state index in [0.717, 1.165) is 10.6 Å². The minimum Gasteiger partial charge on any atom is -0.345 e. The van der Waals surface area contributed by atoms with Crippen LogP contribution >= 0.6 is 0 Å². The number of nitrogens with zero attached hydrogens (tertiary/aromatic N) is 2. The van der Waals surface area contributed by atoms with Gasteiger partial charge in [-0.1, -0.05) is 48.5 Å². The predicted octanol–water partition coefficient (Wildman–Crippen LogP) is -0.471. The van der Waals surface area contributed by atoms with E-state index in [1.165, 1.54) is 25.7 Å². The molecule has 0 bridgehead atoms. The molecular formula is C28H35N6O6+. The average molecular weight is 552 g/mol. The molecule has 212 valence electrons. The maximum absolute atomic E-state index is 13.5. The molecule has 0 spiro atoms. The molecule has 1 fully saturated rings. The molecule has 4 atom stereocenters. The Kier molecular flexibility index (Phi) is 10.5. The second-order valence-corrected chi connectivity index (χ2v) is 9.69. The predicted molar refractivity (Wildman–Crippen MR) is 146 cm³/mol. The van der Waals surface area contributed by atoms with Crippen LogP contribution < -0.4 is 26.2 Å². The largest absolute Gasteiger partial charge is 0.345 e. The summed E-state index contributed by atoms with van der Waals surface area (Å²) in [6.07, 6.45) is 1.04. The second kappa shape index (κ2) is 14.0. The van der Waals surface area contributed by atoms with Gasteiger partial charge in [-0.3, -0.25) is 24.0 Å². The fraction of sp³-hybridized carbons (Fsp3) is 0.393. The number of amides is 5. The Morgan fingerprint density at radius 3 is 2.15 bits per heavy atom. The third kappa shape index (κ3) is 7.71. The molecule has 0 aliphatic carbocycles. The van der Waals surface area contributed by atoms with Crippen molar-refractivity contribution in [1.29, 1.82) is 0 Å². The van der Waals surface area contributed by atoms with Crippen LogP contribution in [0.2, 0.25) is 0 Å². The number of anilines is 1. The fourth-order valence-electron chi connectivity index (χ4n) is 4.60. The van der Waals surface area contributed by atoms with Crippen LogP contribution in [0.25, 0.3) is 0 Å². The van der Waals surface area contributed by atoms with E-state index in [2.05, 4.69) is 16.0 Å². The number of hydrazine groups is 1. The van der Waals surface area contributed by atoms with Crippen molar-refractivity contribution < 1.29 is 29.3 Å². The van der Waals surface area contributed by atoms with Crippen LogP contribution in [0.1, 0.15) is 39.2 Å². The number of benzene rings is 2. The first-order valence-corrected chi connectivity index (χ1v) is 13.1. The minimum absolute atomic E-state index is 0.116. The molecule has 1 heterocycles. The van der Waals surface area contributed by atoms with Crippen LogP contribution in [-0.2, 0) is 30.4 Å². The number of rotatable bonds is 11. The number of likely N-dealkylation sites (tertiary alicyclic amines) is 1. The van der Waals surface area contributed by atoms with Gasteiger partial charge in [0.2, 0.25) is 23.6 Å². The zero-order chi connectivity index (χ0) is 29.2. The molecule has 1 aliphatic heterocycles. The van der Waals surface area contributed by atoms with E-state index in [1.807, 2.05) is 18.2 Å². The lowest BCUT2D eigenvalue weighted by atomic mass is 10.0. The van der Waals surface area contributed by atoms with Crippen molar-refractivity contribution >= 4 is 35.2 Å². The Bertz CT molecular complexity index is 1220. The van der Waals surface area contributed by atoms with Gasteiger partial charge in [-0.15, -0.1) is 0 Å². The molecule has 1 saturated heterocycles. The topological polar surface area (TPSA) is 159 Å². The first kappa shape index (κ1) is 29.9. The van der Waals surface area contributed by atoms with Gasteiger partial charge in [-0.05, 0) is 49.4 Å². The second-order valence-electron chi connectivity index (χ2n) is 9.69. The number of carbonyl (C=O) groups is 5. The zero-order valence-electron chi connectivity index (χ0n) is 22.8. The van der Waals surface area contributed by atoms with Crippen molar-refractivity contribution in [3.05, 3.63) is 71.1 Å². The van der Waals surface area contributed by atoms with Gasteiger partial charge >= 0.3 is 5.91 Å². The van der Waals surface area contributed by atoms with Crippen LogP contribution in [0.3, 0.4) is 0 Å². The Morgan fingerprint density at radius 1 is 0.925 bits per heavy atom. The van der Waals surface area contributed by atoms with Crippen molar-refractivity contribution in [3.8, 4) is 0 Å². The summed E-state index contributed by atoms with van der Waals surface area (Å²) in [6.45, 7) is 4.59. The number of nitroso groups, excluding NO2 is 1. The van der Waals surface area contributed by atoms with E-state index in [4.69, 9.17) is 0 Å². The lowest BCUT2D eigenvalue weighted by Crippen LogP contribution is -2.82. The van der Waals surface area contributed by atoms with Gasteiger partial charge in [0.25, 0.3) is 0 Å². The summed E-state index contributed by atoms with van der Waals surface area (Å²) in [5.74, 6) is -2.57. The highest BCUT2D eigenvalue weighted by Gasteiger charge is 2.39. The number of nitrogens with one attached hydrogen (secondary N) is 4. The summed E-state index contributed by atoms with van der Waals surface area (Å²) in [5.41, 5.74) is 1.08. The van der Waals surface area contributed by atoms with E-state index in [-0.39, 0.29) is 12.3 Å². The van der Waals surface area contributed by atoms with Gasteiger partial charge < -0.3 is 20.9 Å². The number of para-hydroxylation sites is 1. The quantitative estimate of drug-likeness (QED) is 0.276. The Labute approximate surface area is 232 Å². The highest BCUT2D eigenvalue weighted by atomic mass is 16.3. The summed E-state index contributed by atoms with van der Waals surface area (Å²) in [5, 5.41) is 10.3. The summed E-state index contributed by atoms with van der Waals surface area (Å²) < 4.78 is 0. The van der Waals surface area contributed by atoms with E-state index >= 15 is 0 Å². The summed E-state index contributed by atoms with van der Waals surface area (Å²) in [4.78, 5) is 77.0. The monoisotopic (exact) mass is 551 g/mol. The highest BCUT2D eigenvalue weighted by molar-refractivity contribution is 5.99. The Hall–Kier alpha value is -4.61. The standard InChI is InChI=1S/C28H34N6O6/c1-18(29-20(3)35)25(36)30-19(2)27(38)33-16-10-15-24(33)26(37)31-23(17-21-11-6-4-7-12-21)28(39)34(32-40)22-13-8-5-9-14-22/h4-9,11-14,18-19,23-24H,10,15-17H2,1-3H3,(H,29,35)(H,30,36)(H,31,37)/p+1/t18-,19-,23-,24-/m0/s1. The minimum atomic E-state index is -1.11. The van der Waals surface area contributed by atoms with Crippen LogP contribution in [0.4, 0.5) is 5.69 Å². The molecule has 5 amide bonds. The van der Waals surface area contributed by atoms with E-state index in [1.54, 1.807) is 47.8 Å². The highest BCUT2D eigenvalue weighted by Crippen LogP contribution is 2.20. The Morgan fingerprint density at radius 2 is 1.55 bits per heavy atom. The zero-order valence-corrected chi connectivity index (χ0v) is 22.8. The fourth-order valence-corrected chi connectivity index (χ4v) is 4.60. The molecule has 0 saturated carbocycles. The molecule has 0 aromatic heterocycles. The van der Waals surface area contributed by atoms with Crippen LogP contribution in [0.15, 0.2) is 60.7 Å². The van der Waals surface area contributed by atoms with Crippen molar-refractivity contribution in [2.24, 2.45) is 0 Å². The molecule has 2 aromatic carbocycles. The third-order valence-electron chi connectivity index (χ3n) is 6.60. The molecule has 1 aliphatic rings. The molecule has 0 unspecified atom stereocenters. The summed E-state index contributed by atoms with van der Waals surface area (Å²) in [7, 11) is 0. The van der Waals surface area contributed by atoms with Crippen LogP contribution in [0, 0.1) is 4.91 Å². The van der Waals surface area contributed by atoms with Crippen molar-refractivity contribution in [3.63, 3.8) is 0 Å². The lowest BCUT2D eigenvalue weighted by Gasteiger charge is -2.29. The molecule has 2 aromatic rings. The lowest BCUT2D eigenvalue weighted by molar-refractivity contribution is -0.484. The van der Waals surface area contributed by atoms with Crippen molar-refractivity contribution in [2.45, 2.75) is 64.2 Å². The molecule has 4 N–H and O–H groups in total. The van der Waals surface area contributed by atoms with Gasteiger partial charge in [-0.25, -0.2) is 0 Å². The first-order valence-electron chi connectivity index (χ1n) is 13.1. The molecule has 40 heavy (non-hydrogen) atoms. The van der Waals surface area contributed by atoms with Gasteiger partial charge in [0, 0.05) is 24.8 Å². The molecule has 12 heteroatoms. The average Bonchev–Trinajstić information content (AvgIpc) is 3.43. The van der Waals surface area contributed by atoms with E-state index in [9.17, 15) is 28.9 Å². The SMILES string of the molecule is CC(=O)N[C@@H](C)C(=O)N[C@@H](C)C(=O)N1CCC[C@H]1C(=O)N[C@@H](Cc1ccccc1)C(=O)N([NH+]=O)c1ccccc1. The van der Waals surface area contributed by atoms with Gasteiger partial charge in [0.1, 0.15) is 35.1 Å². The smallest absolute Gasteiger partial charge is 0.310 e. The summed E-state index contributed by atoms with van der Waals surface area (Å²) in [6, 6.07) is 13.6. The van der Waals surface area contributed by atoms with Gasteiger partial charge in [0.05, 0.1) is 0 Å². The number of hydrogen-bond acceptors (Lipinski definition) is 6. The van der Waals surface area contributed by atoms with Gasteiger partial charge in [0.15, 0.2) is 0 Å². The van der Waals surface area contributed by atoms with Crippen LogP contribution in [-0.4, -0.2) is 65.1 Å². The van der Waals surface area contributed by atoms with Crippen molar-refractivity contribution in [1.82, 2.24) is 20.9 Å². The summed E-state index contributed by atoms with van der Waals surface area (Å²) >= 11 is 0. The van der Waals surface area contributed by atoms with E-state index < -0.39 is 47.8 Å². The van der Waals surface area contributed by atoms with Crippen LogP contribution in [0.5, 0.6) is 0 Å². The molecule has 3 rings (SSSR count). The maximum atomic E-state index is 13.5. The molecular weight excluding hydrogens is 516 g/mol. The maximum Gasteiger partial charge on any atom is 0.310 e. The normalized spacial score (nSPS) is 16.7. The third-order valence-corrected chi connectivity index (χ3v) is 6.60. The number of carbonyl (C=O) groups excluding carboxylic acids is 5. The van der Waals surface area contributed by atoms with Crippen molar-refractivity contribution in [2.75, 3.05) is 11.6 Å². The molecule has 12 nitrogen and oxygen atoms in total. The number of hydrogen-bond donors (Lipinski definition) is 4. The van der Waals surface area contributed by atoms with E-state index in [0.29, 0.717) is 25.1 Å². The molecule has 0 radical (unpaired) electrons. The first-order chi connectivity index (χ1) is 19.1. The van der Waals surface area contributed by atoms with Gasteiger partial charge in [-0.2, -0.15) is 0 Å². The Balaban J connectivity index is 1.76.